The number of guanidine groups is 1. The molecule has 1 aliphatic heterocycles. The van der Waals surface area contributed by atoms with Crippen molar-refractivity contribution in [1.82, 2.24) is 15.6 Å². The van der Waals surface area contributed by atoms with Gasteiger partial charge in [0.1, 0.15) is 12.4 Å². The summed E-state index contributed by atoms with van der Waals surface area (Å²) in [6, 6.07) is 10.5. The number of nitrogens with one attached hydrogen (secondary N) is 2. The molecule has 0 saturated carbocycles. The molecule has 2 N–H and O–H groups in total. The molecule has 144 valence electrons. The van der Waals surface area contributed by atoms with Crippen LogP contribution in [-0.4, -0.2) is 50.3 Å². The summed E-state index contributed by atoms with van der Waals surface area (Å²) in [6.45, 7) is 2.50. The van der Waals surface area contributed by atoms with E-state index in [1.54, 1.807) is 31.4 Å². The summed E-state index contributed by atoms with van der Waals surface area (Å²) in [5, 5.41) is 7.23. The predicted molar refractivity (Wildman–Crippen MR) is 106 cm³/mol. The lowest BCUT2D eigenvalue weighted by atomic mass is 10.3. The zero-order chi connectivity index (χ0) is 19.1. The summed E-state index contributed by atoms with van der Waals surface area (Å²) in [6.07, 6.45) is 2.50. The Morgan fingerprint density at radius 3 is 3.07 bits per heavy atom. The second-order valence-electron chi connectivity index (χ2n) is 6.19. The first-order valence-electron chi connectivity index (χ1n) is 8.86. The Morgan fingerprint density at radius 1 is 1.41 bits per heavy atom. The van der Waals surface area contributed by atoms with Crippen LogP contribution in [0.4, 0.5) is 10.2 Å². The largest absolute Gasteiger partial charge is 0.492 e. The Labute approximate surface area is 163 Å². The number of aliphatic imine (C=N–C) groups is 1. The predicted octanol–water partition coefficient (Wildman–Crippen LogP) is 2.70. The molecule has 6 nitrogen and oxygen atoms in total. The third kappa shape index (κ3) is 5.47. The number of ether oxygens (including phenoxy) is 1. The van der Waals surface area contributed by atoms with Gasteiger partial charge in [-0.15, -0.1) is 0 Å². The Bertz CT molecular complexity index is 788. The van der Waals surface area contributed by atoms with Gasteiger partial charge in [0.2, 0.25) is 0 Å². The normalized spacial score (nSPS) is 17.1. The molecule has 1 aromatic heterocycles. The van der Waals surface area contributed by atoms with Crippen molar-refractivity contribution in [1.29, 1.82) is 0 Å². The van der Waals surface area contributed by atoms with Crippen LogP contribution in [-0.2, 0) is 0 Å². The molecule has 2 aromatic rings. The quantitative estimate of drug-likeness (QED) is 0.450. The van der Waals surface area contributed by atoms with E-state index in [1.165, 1.54) is 6.07 Å². The standard InChI is InChI=1S/C19H23ClFN5O/c1-22-19(24-9-11-27-16-5-2-4-14(20)12-16)25-15-7-10-26(13-15)18-17(21)6-3-8-23-18/h2-6,8,12,15H,7,9-11,13H2,1H3,(H2,22,24,25). The number of aromatic nitrogens is 1. The molecule has 27 heavy (non-hydrogen) atoms. The van der Waals surface area contributed by atoms with E-state index >= 15 is 0 Å². The zero-order valence-corrected chi connectivity index (χ0v) is 15.9. The summed E-state index contributed by atoms with van der Waals surface area (Å²) in [7, 11) is 1.72. The van der Waals surface area contributed by atoms with Gasteiger partial charge in [0.05, 0.1) is 6.54 Å². The second-order valence-corrected chi connectivity index (χ2v) is 6.63. The van der Waals surface area contributed by atoms with Gasteiger partial charge < -0.3 is 20.3 Å². The van der Waals surface area contributed by atoms with Crippen LogP contribution in [0.5, 0.6) is 5.75 Å². The van der Waals surface area contributed by atoms with Gasteiger partial charge in [0.15, 0.2) is 17.6 Å². The van der Waals surface area contributed by atoms with Crippen molar-refractivity contribution >= 4 is 23.4 Å². The summed E-state index contributed by atoms with van der Waals surface area (Å²) in [4.78, 5) is 10.3. The van der Waals surface area contributed by atoms with Crippen molar-refractivity contribution in [2.24, 2.45) is 4.99 Å². The van der Waals surface area contributed by atoms with Crippen molar-refractivity contribution < 1.29 is 9.13 Å². The first kappa shape index (κ1) is 19.2. The van der Waals surface area contributed by atoms with Gasteiger partial charge in [-0.25, -0.2) is 9.37 Å². The lowest BCUT2D eigenvalue weighted by molar-refractivity contribution is 0.321. The molecule has 0 radical (unpaired) electrons. The number of hydrogen-bond donors (Lipinski definition) is 2. The van der Waals surface area contributed by atoms with Crippen LogP contribution in [0.1, 0.15) is 6.42 Å². The molecule has 1 fully saturated rings. The number of halogens is 2. The molecule has 1 aliphatic rings. The molecule has 0 amide bonds. The van der Waals surface area contributed by atoms with E-state index in [9.17, 15) is 4.39 Å². The van der Waals surface area contributed by atoms with Crippen LogP contribution in [0.3, 0.4) is 0 Å². The number of hydrogen-bond acceptors (Lipinski definition) is 4. The molecular weight excluding hydrogens is 369 g/mol. The topological polar surface area (TPSA) is 61.8 Å². The highest BCUT2D eigenvalue weighted by atomic mass is 35.5. The van der Waals surface area contributed by atoms with Crippen LogP contribution in [0, 0.1) is 5.82 Å². The zero-order valence-electron chi connectivity index (χ0n) is 15.2. The molecule has 0 aliphatic carbocycles. The van der Waals surface area contributed by atoms with E-state index < -0.39 is 0 Å². The maximum Gasteiger partial charge on any atom is 0.191 e. The Hall–Kier alpha value is -2.54. The first-order chi connectivity index (χ1) is 13.2. The van der Waals surface area contributed by atoms with Gasteiger partial charge in [-0.3, -0.25) is 4.99 Å². The smallest absolute Gasteiger partial charge is 0.191 e. The maximum absolute atomic E-state index is 13.9. The van der Waals surface area contributed by atoms with E-state index in [0.717, 1.165) is 18.7 Å². The highest BCUT2D eigenvalue weighted by Gasteiger charge is 2.25. The van der Waals surface area contributed by atoms with Gasteiger partial charge in [0, 0.05) is 37.4 Å². The van der Waals surface area contributed by atoms with Crippen LogP contribution < -0.4 is 20.3 Å². The van der Waals surface area contributed by atoms with Gasteiger partial charge in [-0.2, -0.15) is 0 Å². The average Bonchev–Trinajstić information content (AvgIpc) is 3.13. The van der Waals surface area contributed by atoms with E-state index in [-0.39, 0.29) is 11.9 Å². The van der Waals surface area contributed by atoms with Crippen LogP contribution >= 0.6 is 11.6 Å². The van der Waals surface area contributed by atoms with E-state index in [2.05, 4.69) is 20.6 Å². The minimum Gasteiger partial charge on any atom is -0.492 e. The Balaban J connectivity index is 1.42. The fourth-order valence-corrected chi connectivity index (χ4v) is 3.14. The fourth-order valence-electron chi connectivity index (χ4n) is 2.96. The molecule has 0 bridgehead atoms. The summed E-state index contributed by atoms with van der Waals surface area (Å²) < 4.78 is 19.5. The van der Waals surface area contributed by atoms with Gasteiger partial charge >= 0.3 is 0 Å². The van der Waals surface area contributed by atoms with Gasteiger partial charge in [-0.05, 0) is 36.8 Å². The molecule has 1 saturated heterocycles. The lowest BCUT2D eigenvalue weighted by Crippen LogP contribution is -2.45. The molecule has 8 heteroatoms. The van der Waals surface area contributed by atoms with Gasteiger partial charge in [-0.1, -0.05) is 17.7 Å². The van der Waals surface area contributed by atoms with Gasteiger partial charge in [0.25, 0.3) is 0 Å². The van der Waals surface area contributed by atoms with Crippen molar-refractivity contribution in [3.05, 3.63) is 53.4 Å². The van der Waals surface area contributed by atoms with Crippen molar-refractivity contribution in [3.8, 4) is 5.75 Å². The number of benzene rings is 1. The number of nitrogens with zero attached hydrogens (tertiary/aromatic N) is 3. The minimum atomic E-state index is -0.293. The molecule has 0 spiro atoms. The fraction of sp³-hybridized carbons (Fsp3) is 0.368. The molecule has 1 unspecified atom stereocenters. The van der Waals surface area contributed by atoms with E-state index in [1.807, 2.05) is 17.0 Å². The number of pyridine rings is 1. The third-order valence-corrected chi connectivity index (χ3v) is 4.49. The molecular formula is C19H23ClFN5O. The first-order valence-corrected chi connectivity index (χ1v) is 9.24. The van der Waals surface area contributed by atoms with E-state index in [0.29, 0.717) is 36.5 Å². The van der Waals surface area contributed by atoms with Crippen molar-refractivity contribution in [2.45, 2.75) is 12.5 Å². The average molecular weight is 392 g/mol. The highest BCUT2D eigenvalue weighted by molar-refractivity contribution is 6.30. The van der Waals surface area contributed by atoms with Crippen molar-refractivity contribution in [2.75, 3.05) is 38.2 Å². The molecule has 2 heterocycles. The summed E-state index contributed by atoms with van der Waals surface area (Å²) in [5.74, 6) is 1.53. The lowest BCUT2D eigenvalue weighted by Gasteiger charge is -2.20. The Morgan fingerprint density at radius 2 is 2.30 bits per heavy atom. The number of rotatable bonds is 6. The van der Waals surface area contributed by atoms with Crippen LogP contribution in [0.15, 0.2) is 47.6 Å². The second kappa shape index (κ2) is 9.41. The molecule has 1 atom stereocenters. The molecule has 3 rings (SSSR count). The van der Waals surface area contributed by atoms with Crippen LogP contribution in [0.25, 0.3) is 0 Å². The molecule has 1 aromatic carbocycles. The summed E-state index contributed by atoms with van der Waals surface area (Å²) >= 11 is 5.93. The summed E-state index contributed by atoms with van der Waals surface area (Å²) in [5.41, 5.74) is 0. The maximum atomic E-state index is 13.9. The monoisotopic (exact) mass is 391 g/mol. The van der Waals surface area contributed by atoms with Crippen molar-refractivity contribution in [3.63, 3.8) is 0 Å². The van der Waals surface area contributed by atoms with E-state index in [4.69, 9.17) is 16.3 Å². The Kier molecular flexibility index (Phi) is 6.70. The third-order valence-electron chi connectivity index (χ3n) is 4.25. The highest BCUT2D eigenvalue weighted by Crippen LogP contribution is 2.20. The number of anilines is 1. The SMILES string of the molecule is CN=C(NCCOc1cccc(Cl)c1)NC1CCN(c2ncccc2F)C1. The van der Waals surface area contributed by atoms with Crippen LogP contribution in [0.2, 0.25) is 5.02 Å². The minimum absolute atomic E-state index is 0.173.